The van der Waals surface area contributed by atoms with Gasteiger partial charge in [0.05, 0.1) is 12.3 Å². The Kier molecular flexibility index (Phi) is 4.59. The van der Waals surface area contributed by atoms with E-state index < -0.39 is 0 Å². The van der Waals surface area contributed by atoms with E-state index in [1.165, 1.54) is 18.2 Å². The summed E-state index contributed by atoms with van der Waals surface area (Å²) in [5, 5.41) is 0. The molecule has 1 aromatic rings. The molecule has 0 atom stereocenters. The molecule has 0 bridgehead atoms. The summed E-state index contributed by atoms with van der Waals surface area (Å²) in [6, 6.07) is 4.15. The fourth-order valence-electron chi connectivity index (χ4n) is 0.988. The number of nitrogens with two attached hydrogens (primary N) is 1. The molecule has 14 heavy (non-hydrogen) atoms. The molecule has 2 N–H and O–H groups in total. The van der Waals surface area contributed by atoms with Crippen LogP contribution in [0.2, 0.25) is 0 Å². The van der Waals surface area contributed by atoms with E-state index in [0.29, 0.717) is 18.0 Å². The molecule has 2 nitrogen and oxygen atoms in total. The summed E-state index contributed by atoms with van der Waals surface area (Å²) in [5.41, 5.74) is 6.09. The van der Waals surface area contributed by atoms with E-state index in [9.17, 15) is 4.39 Å². The first-order valence-corrected chi connectivity index (χ1v) is 5.65. The molecule has 0 spiro atoms. The van der Waals surface area contributed by atoms with Crippen LogP contribution in [0.25, 0.3) is 0 Å². The van der Waals surface area contributed by atoms with Crippen LogP contribution in [0.15, 0.2) is 18.2 Å². The van der Waals surface area contributed by atoms with Gasteiger partial charge in [0.15, 0.2) is 0 Å². The summed E-state index contributed by atoms with van der Waals surface area (Å²) in [4.78, 5) is 0. The monoisotopic (exact) mass is 215 g/mol. The van der Waals surface area contributed by atoms with Crippen molar-refractivity contribution in [2.45, 2.75) is 6.92 Å². The maximum absolute atomic E-state index is 12.8. The van der Waals surface area contributed by atoms with Gasteiger partial charge in [-0.15, -0.1) is 0 Å². The highest BCUT2D eigenvalue weighted by Crippen LogP contribution is 2.21. The fraction of sp³-hybridized carbons (Fsp3) is 0.400. The Hall–Kier alpha value is -0.900. The van der Waals surface area contributed by atoms with Crippen LogP contribution in [0.5, 0.6) is 5.75 Å². The first-order chi connectivity index (χ1) is 6.74. The van der Waals surface area contributed by atoms with Gasteiger partial charge in [-0.3, -0.25) is 0 Å². The Morgan fingerprint density at radius 3 is 3.00 bits per heavy atom. The number of nitrogen functional groups attached to an aromatic ring is 1. The Bertz CT molecular complexity index is 293. The number of thioether (sulfide) groups is 1. The van der Waals surface area contributed by atoms with Gasteiger partial charge in [-0.05, 0) is 17.9 Å². The minimum absolute atomic E-state index is 0.322. The van der Waals surface area contributed by atoms with Crippen molar-refractivity contribution < 1.29 is 9.13 Å². The Balaban J connectivity index is 2.45. The van der Waals surface area contributed by atoms with Gasteiger partial charge in [0.25, 0.3) is 0 Å². The lowest BCUT2D eigenvalue weighted by molar-refractivity contribution is 0.344. The fourth-order valence-corrected chi connectivity index (χ4v) is 1.48. The van der Waals surface area contributed by atoms with Crippen LogP contribution in [0.1, 0.15) is 6.92 Å². The third-order valence-electron chi connectivity index (χ3n) is 1.66. The van der Waals surface area contributed by atoms with Crippen LogP contribution in [-0.4, -0.2) is 18.1 Å². The topological polar surface area (TPSA) is 35.2 Å². The summed E-state index contributed by atoms with van der Waals surface area (Å²) >= 11 is 1.78. The second-order valence-electron chi connectivity index (χ2n) is 2.73. The molecule has 0 saturated carbocycles. The van der Waals surface area contributed by atoms with E-state index >= 15 is 0 Å². The van der Waals surface area contributed by atoms with E-state index in [2.05, 4.69) is 6.92 Å². The smallest absolute Gasteiger partial charge is 0.145 e. The van der Waals surface area contributed by atoms with Gasteiger partial charge in [-0.25, -0.2) is 4.39 Å². The number of hydrogen-bond acceptors (Lipinski definition) is 3. The van der Waals surface area contributed by atoms with E-state index in [1.807, 2.05) is 0 Å². The zero-order valence-electron chi connectivity index (χ0n) is 8.13. The lowest BCUT2D eigenvalue weighted by Gasteiger charge is -2.07. The van der Waals surface area contributed by atoms with Crippen molar-refractivity contribution in [1.82, 2.24) is 0 Å². The summed E-state index contributed by atoms with van der Waals surface area (Å²) in [7, 11) is 0. The predicted molar refractivity (Wildman–Crippen MR) is 59.3 cm³/mol. The van der Waals surface area contributed by atoms with Crippen molar-refractivity contribution in [2.75, 3.05) is 23.8 Å². The second-order valence-corrected chi connectivity index (χ2v) is 4.12. The van der Waals surface area contributed by atoms with Crippen molar-refractivity contribution in [3.05, 3.63) is 24.0 Å². The highest BCUT2D eigenvalue weighted by molar-refractivity contribution is 7.99. The summed E-state index contributed by atoms with van der Waals surface area (Å²) in [5.74, 6) is 2.06. The van der Waals surface area contributed by atoms with Crippen LogP contribution in [0, 0.1) is 5.82 Å². The van der Waals surface area contributed by atoms with Crippen LogP contribution < -0.4 is 10.5 Å². The van der Waals surface area contributed by atoms with Gasteiger partial charge >= 0.3 is 0 Å². The maximum atomic E-state index is 12.8. The molecule has 1 rings (SSSR count). The molecule has 0 saturated heterocycles. The zero-order chi connectivity index (χ0) is 10.4. The lowest BCUT2D eigenvalue weighted by atomic mass is 10.3. The molecule has 0 radical (unpaired) electrons. The minimum atomic E-state index is -0.322. The van der Waals surface area contributed by atoms with E-state index in [-0.39, 0.29) is 5.82 Å². The highest BCUT2D eigenvalue weighted by atomic mass is 32.2. The van der Waals surface area contributed by atoms with Crippen molar-refractivity contribution in [1.29, 1.82) is 0 Å². The largest absolute Gasteiger partial charge is 0.490 e. The Labute approximate surface area is 87.6 Å². The summed E-state index contributed by atoms with van der Waals surface area (Å²) in [6.07, 6.45) is 0. The average molecular weight is 215 g/mol. The van der Waals surface area contributed by atoms with Crippen LogP contribution >= 0.6 is 11.8 Å². The van der Waals surface area contributed by atoms with Gasteiger partial charge in [0.2, 0.25) is 0 Å². The van der Waals surface area contributed by atoms with Crippen molar-refractivity contribution in [3.8, 4) is 5.75 Å². The third-order valence-corrected chi connectivity index (χ3v) is 2.53. The summed E-state index contributed by atoms with van der Waals surface area (Å²) < 4.78 is 18.1. The second kappa shape index (κ2) is 5.75. The molecule has 78 valence electrons. The molecular formula is C10H14FNOS. The number of rotatable bonds is 5. The number of hydrogen-bond donors (Lipinski definition) is 1. The molecule has 0 unspecified atom stereocenters. The van der Waals surface area contributed by atoms with Gasteiger partial charge < -0.3 is 10.5 Å². The highest BCUT2D eigenvalue weighted by Gasteiger charge is 2.01. The normalized spacial score (nSPS) is 10.1. The standard InChI is InChI=1S/C10H14FNOS/c1-2-14-6-5-13-10-7-8(11)3-4-9(10)12/h3-4,7H,2,5-6,12H2,1H3. The van der Waals surface area contributed by atoms with Crippen molar-refractivity contribution in [2.24, 2.45) is 0 Å². The molecule has 0 aliphatic heterocycles. The van der Waals surface area contributed by atoms with Crippen molar-refractivity contribution >= 4 is 17.4 Å². The Morgan fingerprint density at radius 2 is 2.29 bits per heavy atom. The zero-order valence-corrected chi connectivity index (χ0v) is 8.94. The molecular weight excluding hydrogens is 201 g/mol. The van der Waals surface area contributed by atoms with Crippen molar-refractivity contribution in [3.63, 3.8) is 0 Å². The van der Waals surface area contributed by atoms with Gasteiger partial charge in [-0.2, -0.15) is 11.8 Å². The quantitative estimate of drug-likeness (QED) is 0.605. The number of benzene rings is 1. The average Bonchev–Trinajstić information content (AvgIpc) is 2.18. The SMILES string of the molecule is CCSCCOc1cc(F)ccc1N. The molecule has 0 amide bonds. The molecule has 0 aliphatic rings. The number of anilines is 1. The van der Waals surface area contributed by atoms with Crippen LogP contribution in [0.4, 0.5) is 10.1 Å². The van der Waals surface area contributed by atoms with E-state index in [0.717, 1.165) is 11.5 Å². The molecule has 0 heterocycles. The summed E-state index contributed by atoms with van der Waals surface area (Å²) in [6.45, 7) is 2.65. The Morgan fingerprint density at radius 1 is 1.50 bits per heavy atom. The first kappa shape index (κ1) is 11.2. The first-order valence-electron chi connectivity index (χ1n) is 4.49. The van der Waals surface area contributed by atoms with Gasteiger partial charge in [0, 0.05) is 11.8 Å². The predicted octanol–water partition coefficient (Wildman–Crippen LogP) is 2.54. The molecule has 0 fully saturated rings. The van der Waals surface area contributed by atoms with Crippen LogP contribution in [0.3, 0.4) is 0 Å². The molecule has 1 aromatic carbocycles. The van der Waals surface area contributed by atoms with Gasteiger partial charge in [-0.1, -0.05) is 6.92 Å². The maximum Gasteiger partial charge on any atom is 0.145 e. The number of ether oxygens (including phenoxy) is 1. The lowest BCUT2D eigenvalue weighted by Crippen LogP contribution is -2.03. The minimum Gasteiger partial charge on any atom is -0.490 e. The van der Waals surface area contributed by atoms with Crippen LogP contribution in [-0.2, 0) is 0 Å². The number of halogens is 1. The molecule has 4 heteroatoms. The molecule has 0 aromatic heterocycles. The van der Waals surface area contributed by atoms with Gasteiger partial charge in [0.1, 0.15) is 11.6 Å². The third kappa shape index (κ3) is 3.46. The van der Waals surface area contributed by atoms with E-state index in [4.69, 9.17) is 10.5 Å². The molecule has 0 aliphatic carbocycles. The van der Waals surface area contributed by atoms with E-state index in [1.54, 1.807) is 11.8 Å².